The summed E-state index contributed by atoms with van der Waals surface area (Å²) >= 11 is 1.89. The Morgan fingerprint density at radius 2 is 2.06 bits per heavy atom. The maximum absolute atomic E-state index is 4.56. The van der Waals surface area contributed by atoms with Crippen LogP contribution < -0.4 is 5.32 Å². The molecule has 1 N–H and O–H groups in total. The lowest BCUT2D eigenvalue weighted by Crippen LogP contribution is -2.20. The van der Waals surface area contributed by atoms with Crippen LogP contribution in [0.4, 0.5) is 0 Å². The molecule has 0 amide bonds. The van der Waals surface area contributed by atoms with Gasteiger partial charge in [-0.2, -0.15) is 0 Å². The molecule has 0 aliphatic heterocycles. The quantitative estimate of drug-likeness (QED) is 0.745. The Morgan fingerprint density at radius 3 is 2.53 bits per heavy atom. The lowest BCUT2D eigenvalue weighted by Gasteiger charge is -2.15. The van der Waals surface area contributed by atoms with Crippen molar-refractivity contribution in [2.45, 2.75) is 45.1 Å². The third-order valence-corrected chi connectivity index (χ3v) is 3.97. The van der Waals surface area contributed by atoms with Crippen molar-refractivity contribution < 1.29 is 0 Å². The van der Waals surface area contributed by atoms with E-state index in [1.807, 2.05) is 18.0 Å². The van der Waals surface area contributed by atoms with E-state index in [1.165, 1.54) is 4.90 Å². The number of pyridine rings is 1. The first-order valence-corrected chi connectivity index (χ1v) is 7.48. The van der Waals surface area contributed by atoms with E-state index in [0.29, 0.717) is 6.04 Å². The Labute approximate surface area is 110 Å². The van der Waals surface area contributed by atoms with E-state index in [2.05, 4.69) is 50.1 Å². The zero-order valence-electron chi connectivity index (χ0n) is 11.4. The average molecular weight is 252 g/mol. The van der Waals surface area contributed by atoms with Crippen molar-refractivity contribution in [1.82, 2.24) is 10.3 Å². The highest BCUT2D eigenvalue weighted by atomic mass is 32.2. The molecule has 1 aromatic rings. The molecule has 0 saturated heterocycles. The summed E-state index contributed by atoms with van der Waals surface area (Å²) in [5.74, 6) is 1.88. The lowest BCUT2D eigenvalue weighted by atomic mass is 10.1. The topological polar surface area (TPSA) is 24.9 Å². The summed E-state index contributed by atoms with van der Waals surface area (Å²) in [6, 6.07) is 4.73. The van der Waals surface area contributed by atoms with Crippen LogP contribution in [-0.2, 0) is 0 Å². The largest absolute Gasteiger partial charge is 0.309 e. The van der Waals surface area contributed by atoms with E-state index in [9.17, 15) is 0 Å². The van der Waals surface area contributed by atoms with Gasteiger partial charge in [0.25, 0.3) is 0 Å². The van der Waals surface area contributed by atoms with Crippen LogP contribution in [-0.4, -0.2) is 17.3 Å². The molecule has 17 heavy (non-hydrogen) atoms. The molecule has 1 atom stereocenters. The molecule has 0 saturated carbocycles. The van der Waals surface area contributed by atoms with E-state index < -0.39 is 0 Å². The lowest BCUT2D eigenvalue weighted by molar-refractivity contribution is 0.524. The fraction of sp³-hybridized carbons (Fsp3) is 0.643. The Hall–Kier alpha value is -0.540. The van der Waals surface area contributed by atoms with Crippen LogP contribution in [0.25, 0.3) is 0 Å². The highest BCUT2D eigenvalue weighted by molar-refractivity contribution is 7.99. The minimum absolute atomic E-state index is 0.393. The fourth-order valence-electron chi connectivity index (χ4n) is 1.65. The summed E-state index contributed by atoms with van der Waals surface area (Å²) in [5.41, 5.74) is 1.16. The smallest absolute Gasteiger partial charge is 0.0573 e. The predicted octanol–water partition coefficient (Wildman–Crippen LogP) is 3.89. The minimum Gasteiger partial charge on any atom is -0.309 e. The molecule has 1 aromatic heterocycles. The van der Waals surface area contributed by atoms with Crippen molar-refractivity contribution in [1.29, 1.82) is 0 Å². The molecule has 0 bridgehead atoms. The van der Waals surface area contributed by atoms with Gasteiger partial charge in [0.15, 0.2) is 0 Å². The highest BCUT2D eigenvalue weighted by Gasteiger charge is 2.08. The van der Waals surface area contributed by atoms with Gasteiger partial charge in [0, 0.05) is 22.9 Å². The van der Waals surface area contributed by atoms with Crippen molar-refractivity contribution in [3.8, 4) is 0 Å². The zero-order valence-corrected chi connectivity index (χ0v) is 12.2. The molecule has 1 heterocycles. The second-order valence-electron chi connectivity index (χ2n) is 4.64. The van der Waals surface area contributed by atoms with Gasteiger partial charge in [0.1, 0.15) is 0 Å². The Kier molecular flexibility index (Phi) is 6.60. The van der Waals surface area contributed by atoms with E-state index >= 15 is 0 Å². The monoisotopic (exact) mass is 252 g/mol. The number of hydrogen-bond donors (Lipinski definition) is 1. The van der Waals surface area contributed by atoms with E-state index in [4.69, 9.17) is 0 Å². The Bertz CT molecular complexity index is 309. The van der Waals surface area contributed by atoms with Crippen molar-refractivity contribution in [2.24, 2.45) is 5.92 Å². The molecular formula is C14H24N2S. The van der Waals surface area contributed by atoms with Crippen molar-refractivity contribution in [2.75, 3.05) is 12.3 Å². The van der Waals surface area contributed by atoms with Crippen LogP contribution in [0.2, 0.25) is 0 Å². The van der Waals surface area contributed by atoms with Gasteiger partial charge in [0.05, 0.1) is 5.69 Å². The third kappa shape index (κ3) is 5.09. The van der Waals surface area contributed by atoms with Crippen LogP contribution in [0, 0.1) is 5.92 Å². The second-order valence-corrected chi connectivity index (χ2v) is 5.74. The van der Waals surface area contributed by atoms with Crippen LogP contribution in [0.15, 0.2) is 23.2 Å². The molecule has 0 aliphatic carbocycles. The van der Waals surface area contributed by atoms with Crippen LogP contribution in [0.1, 0.15) is 45.9 Å². The molecule has 0 aliphatic rings. The van der Waals surface area contributed by atoms with Crippen LogP contribution in [0.5, 0.6) is 0 Å². The number of hydrogen-bond acceptors (Lipinski definition) is 3. The van der Waals surface area contributed by atoms with E-state index in [-0.39, 0.29) is 0 Å². The SMILES string of the molecule is CCNC(CC)c1ccc(SCC(C)C)cn1. The van der Waals surface area contributed by atoms with Gasteiger partial charge in [-0.1, -0.05) is 27.7 Å². The van der Waals surface area contributed by atoms with Crippen LogP contribution >= 0.6 is 11.8 Å². The fourth-order valence-corrected chi connectivity index (χ4v) is 2.47. The number of rotatable bonds is 7. The van der Waals surface area contributed by atoms with Gasteiger partial charge in [-0.3, -0.25) is 4.98 Å². The van der Waals surface area contributed by atoms with Gasteiger partial charge < -0.3 is 5.32 Å². The van der Waals surface area contributed by atoms with Gasteiger partial charge in [-0.15, -0.1) is 11.8 Å². The standard InChI is InChI=1S/C14H24N2S/c1-5-13(15-6-2)14-8-7-12(9-16-14)17-10-11(3)4/h7-9,11,13,15H,5-6,10H2,1-4H3. The summed E-state index contributed by atoms with van der Waals surface area (Å²) in [5, 5.41) is 3.45. The number of aromatic nitrogens is 1. The van der Waals surface area contributed by atoms with Gasteiger partial charge in [0.2, 0.25) is 0 Å². The second kappa shape index (κ2) is 7.72. The first-order chi connectivity index (χ1) is 8.17. The van der Waals surface area contributed by atoms with E-state index in [0.717, 1.165) is 30.3 Å². The predicted molar refractivity (Wildman–Crippen MR) is 76.5 cm³/mol. The molecule has 2 nitrogen and oxygen atoms in total. The van der Waals surface area contributed by atoms with Crippen molar-refractivity contribution >= 4 is 11.8 Å². The average Bonchev–Trinajstić information content (AvgIpc) is 2.34. The third-order valence-electron chi connectivity index (χ3n) is 2.56. The first-order valence-electron chi connectivity index (χ1n) is 6.49. The zero-order chi connectivity index (χ0) is 12.7. The summed E-state index contributed by atoms with van der Waals surface area (Å²) < 4.78 is 0. The molecule has 96 valence electrons. The number of thioether (sulfide) groups is 1. The molecule has 1 rings (SSSR count). The van der Waals surface area contributed by atoms with Crippen molar-refractivity contribution in [3.05, 3.63) is 24.0 Å². The van der Waals surface area contributed by atoms with Gasteiger partial charge in [-0.25, -0.2) is 0 Å². The maximum atomic E-state index is 4.56. The summed E-state index contributed by atoms with van der Waals surface area (Å²) in [6.45, 7) is 9.80. The molecule has 0 radical (unpaired) electrons. The van der Waals surface area contributed by atoms with Gasteiger partial charge >= 0.3 is 0 Å². The Morgan fingerprint density at radius 1 is 1.29 bits per heavy atom. The van der Waals surface area contributed by atoms with Gasteiger partial charge in [-0.05, 0) is 31.0 Å². The molecular weight excluding hydrogens is 228 g/mol. The maximum Gasteiger partial charge on any atom is 0.0573 e. The number of nitrogens with one attached hydrogen (secondary N) is 1. The minimum atomic E-state index is 0.393. The Balaban J connectivity index is 2.59. The molecule has 3 heteroatoms. The molecule has 0 spiro atoms. The summed E-state index contributed by atoms with van der Waals surface area (Å²) in [7, 11) is 0. The first kappa shape index (κ1) is 14.5. The van der Waals surface area contributed by atoms with E-state index in [1.54, 1.807) is 0 Å². The number of nitrogens with zero attached hydrogens (tertiary/aromatic N) is 1. The van der Waals surface area contributed by atoms with Crippen molar-refractivity contribution in [3.63, 3.8) is 0 Å². The molecule has 1 unspecified atom stereocenters. The van der Waals surface area contributed by atoms with Crippen LogP contribution in [0.3, 0.4) is 0 Å². The summed E-state index contributed by atoms with van der Waals surface area (Å²) in [4.78, 5) is 5.84. The molecule has 0 fully saturated rings. The summed E-state index contributed by atoms with van der Waals surface area (Å²) in [6.07, 6.45) is 3.09. The molecule has 0 aromatic carbocycles. The highest BCUT2D eigenvalue weighted by Crippen LogP contribution is 2.22. The normalized spacial score (nSPS) is 13.0.